The molecule has 4 N–H and O–H groups in total. The SMILES string of the molecule is CC(CCCNC(=O)c1csc(N)n1)C(=O)O. The van der Waals surface area contributed by atoms with Gasteiger partial charge in [-0.1, -0.05) is 6.92 Å². The molecule has 7 heteroatoms. The summed E-state index contributed by atoms with van der Waals surface area (Å²) in [5, 5.41) is 13.3. The van der Waals surface area contributed by atoms with Crippen LogP contribution < -0.4 is 11.1 Å². The number of rotatable bonds is 6. The fourth-order valence-electron chi connectivity index (χ4n) is 1.22. The van der Waals surface area contributed by atoms with Gasteiger partial charge in [0.2, 0.25) is 0 Å². The summed E-state index contributed by atoms with van der Waals surface area (Å²) < 4.78 is 0. The van der Waals surface area contributed by atoms with Crippen LogP contribution in [0.3, 0.4) is 0 Å². The van der Waals surface area contributed by atoms with Crippen LogP contribution in [0.2, 0.25) is 0 Å². The third kappa shape index (κ3) is 4.39. The van der Waals surface area contributed by atoms with E-state index in [1.54, 1.807) is 12.3 Å². The van der Waals surface area contributed by atoms with E-state index < -0.39 is 5.97 Å². The fraction of sp³-hybridized carbons (Fsp3) is 0.500. The number of carbonyl (C=O) groups is 2. The van der Waals surface area contributed by atoms with Gasteiger partial charge in [-0.2, -0.15) is 0 Å². The maximum Gasteiger partial charge on any atom is 0.306 e. The molecule has 0 spiro atoms. The Kier molecular flexibility index (Phi) is 4.89. The van der Waals surface area contributed by atoms with Crippen LogP contribution in [0.25, 0.3) is 0 Å². The number of hydrogen-bond acceptors (Lipinski definition) is 5. The lowest BCUT2D eigenvalue weighted by atomic mass is 10.1. The minimum absolute atomic E-state index is 0.277. The van der Waals surface area contributed by atoms with E-state index in [9.17, 15) is 9.59 Å². The van der Waals surface area contributed by atoms with Crippen LogP contribution in [0.1, 0.15) is 30.3 Å². The summed E-state index contributed by atoms with van der Waals surface area (Å²) in [7, 11) is 0. The topological polar surface area (TPSA) is 105 Å². The van der Waals surface area contributed by atoms with Gasteiger partial charge < -0.3 is 16.2 Å². The first-order valence-electron chi connectivity index (χ1n) is 5.22. The van der Waals surface area contributed by atoms with E-state index in [2.05, 4.69) is 10.3 Å². The number of thiazole rings is 1. The molecule has 0 fully saturated rings. The van der Waals surface area contributed by atoms with Crippen LogP contribution in [0.5, 0.6) is 0 Å². The Morgan fingerprint density at radius 3 is 2.88 bits per heavy atom. The Morgan fingerprint density at radius 1 is 1.65 bits per heavy atom. The highest BCUT2D eigenvalue weighted by atomic mass is 32.1. The van der Waals surface area contributed by atoms with Crippen molar-refractivity contribution in [1.29, 1.82) is 0 Å². The summed E-state index contributed by atoms with van der Waals surface area (Å²) in [4.78, 5) is 25.9. The minimum atomic E-state index is -0.816. The number of carboxylic acids is 1. The molecule has 0 aromatic carbocycles. The van der Waals surface area contributed by atoms with Crippen LogP contribution in [-0.4, -0.2) is 28.5 Å². The Bertz CT molecular complexity index is 405. The molecule has 0 radical (unpaired) electrons. The number of nitrogens with zero attached hydrogens (tertiary/aromatic N) is 1. The Hall–Kier alpha value is -1.63. The van der Waals surface area contributed by atoms with E-state index in [4.69, 9.17) is 10.8 Å². The molecule has 1 aromatic heterocycles. The maximum atomic E-state index is 11.5. The summed E-state index contributed by atoms with van der Waals surface area (Å²) in [5.41, 5.74) is 5.71. The number of anilines is 1. The van der Waals surface area contributed by atoms with Crippen molar-refractivity contribution in [2.45, 2.75) is 19.8 Å². The predicted molar refractivity (Wildman–Crippen MR) is 64.9 cm³/mol. The van der Waals surface area contributed by atoms with Crippen molar-refractivity contribution in [2.24, 2.45) is 5.92 Å². The highest BCUT2D eigenvalue weighted by Gasteiger charge is 2.11. The van der Waals surface area contributed by atoms with Crippen molar-refractivity contribution >= 4 is 28.3 Å². The van der Waals surface area contributed by atoms with Gasteiger partial charge in [0.25, 0.3) is 5.91 Å². The van der Waals surface area contributed by atoms with Crippen molar-refractivity contribution < 1.29 is 14.7 Å². The molecule has 0 aliphatic rings. The number of nitrogen functional groups attached to an aromatic ring is 1. The molecular weight excluding hydrogens is 242 g/mol. The van der Waals surface area contributed by atoms with Gasteiger partial charge in [-0.3, -0.25) is 9.59 Å². The van der Waals surface area contributed by atoms with Crippen LogP contribution in [0.4, 0.5) is 5.13 Å². The first-order chi connectivity index (χ1) is 8.00. The van der Waals surface area contributed by atoms with Crippen LogP contribution in [-0.2, 0) is 4.79 Å². The molecule has 0 aliphatic heterocycles. The quantitative estimate of drug-likeness (QED) is 0.658. The standard InChI is InChI=1S/C10H15N3O3S/c1-6(9(15)16)3-2-4-12-8(14)7-5-17-10(11)13-7/h5-6H,2-4H2,1H3,(H2,11,13)(H,12,14)(H,15,16). The molecule has 1 amide bonds. The molecule has 0 bridgehead atoms. The zero-order valence-electron chi connectivity index (χ0n) is 9.47. The lowest BCUT2D eigenvalue weighted by Crippen LogP contribution is -2.25. The third-order valence-electron chi connectivity index (χ3n) is 2.28. The Balaban J connectivity index is 2.23. The average molecular weight is 257 g/mol. The van der Waals surface area contributed by atoms with E-state index in [0.29, 0.717) is 30.2 Å². The average Bonchev–Trinajstić information content (AvgIpc) is 2.70. The van der Waals surface area contributed by atoms with Gasteiger partial charge in [0.15, 0.2) is 5.13 Å². The Morgan fingerprint density at radius 2 is 2.35 bits per heavy atom. The monoisotopic (exact) mass is 257 g/mol. The van der Waals surface area contributed by atoms with Crippen LogP contribution >= 0.6 is 11.3 Å². The summed E-state index contributed by atoms with van der Waals surface area (Å²) >= 11 is 1.21. The lowest BCUT2D eigenvalue weighted by Gasteiger charge is -2.06. The first-order valence-corrected chi connectivity index (χ1v) is 6.10. The van der Waals surface area contributed by atoms with Gasteiger partial charge in [-0.05, 0) is 12.8 Å². The van der Waals surface area contributed by atoms with E-state index >= 15 is 0 Å². The molecule has 1 aromatic rings. The number of aromatic nitrogens is 1. The number of nitrogens with two attached hydrogens (primary N) is 1. The first kappa shape index (κ1) is 13.4. The largest absolute Gasteiger partial charge is 0.481 e. The van der Waals surface area contributed by atoms with Crippen LogP contribution in [0, 0.1) is 5.92 Å². The van der Waals surface area contributed by atoms with Crippen molar-refractivity contribution in [3.8, 4) is 0 Å². The Labute approximate surface area is 103 Å². The van der Waals surface area contributed by atoms with Gasteiger partial charge in [0.1, 0.15) is 5.69 Å². The van der Waals surface area contributed by atoms with E-state index in [0.717, 1.165) is 0 Å². The second-order valence-electron chi connectivity index (χ2n) is 3.71. The number of hydrogen-bond donors (Lipinski definition) is 3. The van der Waals surface area contributed by atoms with Gasteiger partial charge in [-0.15, -0.1) is 11.3 Å². The summed E-state index contributed by atoms with van der Waals surface area (Å²) in [6.45, 7) is 2.08. The predicted octanol–water partition coefficient (Wildman–Crippen LogP) is 0.956. The van der Waals surface area contributed by atoms with Gasteiger partial charge in [0.05, 0.1) is 5.92 Å². The number of carbonyl (C=O) groups excluding carboxylic acids is 1. The molecule has 1 rings (SSSR count). The smallest absolute Gasteiger partial charge is 0.306 e. The van der Waals surface area contributed by atoms with Crippen molar-refractivity contribution in [1.82, 2.24) is 10.3 Å². The molecule has 0 saturated carbocycles. The lowest BCUT2D eigenvalue weighted by molar-refractivity contribution is -0.141. The number of amides is 1. The molecule has 0 saturated heterocycles. The minimum Gasteiger partial charge on any atom is -0.481 e. The van der Waals surface area contributed by atoms with E-state index in [-0.39, 0.29) is 11.8 Å². The zero-order valence-corrected chi connectivity index (χ0v) is 10.3. The molecule has 94 valence electrons. The van der Waals surface area contributed by atoms with Crippen LogP contribution in [0.15, 0.2) is 5.38 Å². The number of aliphatic carboxylic acids is 1. The van der Waals surface area contributed by atoms with Gasteiger partial charge >= 0.3 is 5.97 Å². The molecule has 1 unspecified atom stereocenters. The van der Waals surface area contributed by atoms with Crippen molar-refractivity contribution in [2.75, 3.05) is 12.3 Å². The molecule has 0 aliphatic carbocycles. The number of carboxylic acid groups (broad SMARTS) is 1. The summed E-state index contributed by atoms with van der Waals surface area (Å²) in [6.07, 6.45) is 1.16. The van der Waals surface area contributed by atoms with Gasteiger partial charge in [-0.25, -0.2) is 4.98 Å². The second kappa shape index (κ2) is 6.19. The maximum absolute atomic E-state index is 11.5. The van der Waals surface area contributed by atoms with Gasteiger partial charge in [0, 0.05) is 11.9 Å². The molecule has 6 nitrogen and oxygen atoms in total. The highest BCUT2D eigenvalue weighted by Crippen LogP contribution is 2.10. The fourth-order valence-corrected chi connectivity index (χ4v) is 1.76. The molecule has 17 heavy (non-hydrogen) atoms. The van der Waals surface area contributed by atoms with E-state index in [1.165, 1.54) is 11.3 Å². The third-order valence-corrected chi connectivity index (χ3v) is 2.95. The van der Waals surface area contributed by atoms with Crippen molar-refractivity contribution in [3.05, 3.63) is 11.1 Å². The van der Waals surface area contributed by atoms with Crippen molar-refractivity contribution in [3.63, 3.8) is 0 Å². The number of nitrogens with one attached hydrogen (secondary N) is 1. The second-order valence-corrected chi connectivity index (χ2v) is 4.60. The summed E-state index contributed by atoms with van der Waals surface area (Å²) in [6, 6.07) is 0. The normalized spacial score (nSPS) is 12.1. The molecule has 1 atom stereocenters. The molecular formula is C10H15N3O3S. The summed E-state index contributed by atoms with van der Waals surface area (Å²) in [5.74, 6) is -1.48. The zero-order chi connectivity index (χ0) is 12.8. The van der Waals surface area contributed by atoms with E-state index in [1.807, 2.05) is 0 Å². The highest BCUT2D eigenvalue weighted by molar-refractivity contribution is 7.13. The molecule has 1 heterocycles.